The highest BCUT2D eigenvalue weighted by molar-refractivity contribution is 5.99. The van der Waals surface area contributed by atoms with Crippen LogP contribution >= 0.6 is 0 Å². The van der Waals surface area contributed by atoms with Gasteiger partial charge in [0.25, 0.3) is 0 Å². The fraction of sp³-hybridized carbons (Fsp3) is 0.471. The molecule has 1 atom stereocenters. The normalized spacial score (nSPS) is 14.4. The van der Waals surface area contributed by atoms with E-state index in [0.29, 0.717) is 5.92 Å². The van der Waals surface area contributed by atoms with E-state index in [2.05, 4.69) is 57.8 Å². The number of aryl methyl sites for hydroxylation is 1. The third-order valence-electron chi connectivity index (χ3n) is 3.33. The smallest absolute Gasteiger partial charge is 0.121 e. The first-order chi connectivity index (χ1) is 8.97. The Balaban J connectivity index is 2.96. The fourth-order valence-electron chi connectivity index (χ4n) is 2.00. The van der Waals surface area contributed by atoms with E-state index in [-0.39, 0.29) is 0 Å². The Morgan fingerprint density at radius 2 is 2.05 bits per heavy atom. The number of hydrogen-bond donors (Lipinski definition) is 0. The summed E-state index contributed by atoms with van der Waals surface area (Å²) in [6, 6.07) is 6.17. The minimum atomic E-state index is 0.578. The highest BCUT2D eigenvalue weighted by Crippen LogP contribution is 2.19. The summed E-state index contributed by atoms with van der Waals surface area (Å²) in [6.07, 6.45) is 3.37. The number of aliphatic imine (C=N–C) groups is 1. The molecule has 2 heteroatoms. The fourth-order valence-corrected chi connectivity index (χ4v) is 2.00. The lowest BCUT2D eigenvalue weighted by atomic mass is 10.1. The van der Waals surface area contributed by atoms with E-state index >= 15 is 0 Å². The first kappa shape index (κ1) is 15.5. The number of methoxy groups -OCH3 is 1. The van der Waals surface area contributed by atoms with E-state index in [1.807, 2.05) is 6.07 Å². The van der Waals surface area contributed by atoms with Crippen LogP contribution in [0.1, 0.15) is 45.2 Å². The maximum Gasteiger partial charge on any atom is 0.121 e. The Morgan fingerprint density at radius 3 is 2.58 bits per heavy atom. The van der Waals surface area contributed by atoms with Crippen LogP contribution in [0.5, 0.6) is 5.75 Å². The van der Waals surface area contributed by atoms with Crippen molar-refractivity contribution < 1.29 is 4.74 Å². The predicted octanol–water partition coefficient (Wildman–Crippen LogP) is 4.76. The van der Waals surface area contributed by atoms with Gasteiger partial charge in [0.1, 0.15) is 5.75 Å². The molecule has 0 saturated heterocycles. The van der Waals surface area contributed by atoms with Gasteiger partial charge in [0.2, 0.25) is 0 Å². The molecule has 104 valence electrons. The quantitative estimate of drug-likeness (QED) is 0.698. The number of rotatable bonds is 5. The molecule has 0 saturated carbocycles. The molecule has 0 heterocycles. The molecule has 0 aliphatic heterocycles. The molecular weight excluding hydrogens is 234 g/mol. The SMILES string of the molecule is CCC(C)/C=C(/C)N=C(C)c1ccc(OC)c(C)c1. The van der Waals surface area contributed by atoms with Gasteiger partial charge in [-0.3, -0.25) is 4.99 Å². The minimum Gasteiger partial charge on any atom is -0.496 e. The Labute approximate surface area is 117 Å². The molecule has 0 fully saturated rings. The highest BCUT2D eigenvalue weighted by Gasteiger charge is 2.03. The maximum absolute atomic E-state index is 5.28. The van der Waals surface area contributed by atoms with E-state index in [1.54, 1.807) is 7.11 Å². The van der Waals surface area contributed by atoms with Crippen LogP contribution in [-0.4, -0.2) is 12.8 Å². The van der Waals surface area contributed by atoms with Gasteiger partial charge in [-0.15, -0.1) is 0 Å². The second-order valence-electron chi connectivity index (χ2n) is 5.08. The zero-order valence-corrected chi connectivity index (χ0v) is 12.9. The van der Waals surface area contributed by atoms with Gasteiger partial charge in [0.05, 0.1) is 7.11 Å². The lowest BCUT2D eigenvalue weighted by Crippen LogP contribution is -1.98. The predicted molar refractivity (Wildman–Crippen MR) is 83.2 cm³/mol. The minimum absolute atomic E-state index is 0.578. The molecule has 19 heavy (non-hydrogen) atoms. The van der Waals surface area contributed by atoms with Crippen LogP contribution in [0.4, 0.5) is 0 Å². The number of ether oxygens (including phenoxy) is 1. The van der Waals surface area contributed by atoms with Crippen LogP contribution in [0, 0.1) is 12.8 Å². The van der Waals surface area contributed by atoms with Crippen LogP contribution < -0.4 is 4.74 Å². The molecule has 0 bridgehead atoms. The van der Waals surface area contributed by atoms with Crippen LogP contribution in [0.3, 0.4) is 0 Å². The molecule has 0 aromatic heterocycles. The number of nitrogens with zero attached hydrogens (tertiary/aromatic N) is 1. The lowest BCUT2D eigenvalue weighted by molar-refractivity contribution is 0.411. The summed E-state index contributed by atoms with van der Waals surface area (Å²) in [4.78, 5) is 4.67. The number of benzene rings is 1. The molecule has 0 spiro atoms. The molecule has 0 amide bonds. The van der Waals surface area contributed by atoms with Crippen LogP contribution in [-0.2, 0) is 0 Å². The van der Waals surface area contributed by atoms with E-state index in [0.717, 1.165) is 34.7 Å². The third-order valence-corrected chi connectivity index (χ3v) is 3.33. The summed E-state index contributed by atoms with van der Waals surface area (Å²) in [7, 11) is 1.70. The maximum atomic E-state index is 5.28. The summed E-state index contributed by atoms with van der Waals surface area (Å²) in [5.41, 5.74) is 4.41. The van der Waals surface area contributed by atoms with E-state index in [1.165, 1.54) is 0 Å². The topological polar surface area (TPSA) is 21.6 Å². The number of hydrogen-bond acceptors (Lipinski definition) is 2. The molecular formula is C17H25NO. The Bertz CT molecular complexity index is 486. The Hall–Kier alpha value is -1.57. The Morgan fingerprint density at radius 1 is 1.37 bits per heavy atom. The molecule has 1 aromatic rings. The van der Waals surface area contributed by atoms with Crippen molar-refractivity contribution in [2.24, 2.45) is 10.9 Å². The van der Waals surface area contributed by atoms with Gasteiger partial charge in [-0.1, -0.05) is 26.3 Å². The van der Waals surface area contributed by atoms with Crippen LogP contribution in [0.25, 0.3) is 0 Å². The van der Waals surface area contributed by atoms with Gasteiger partial charge in [-0.2, -0.15) is 0 Å². The highest BCUT2D eigenvalue weighted by atomic mass is 16.5. The first-order valence-corrected chi connectivity index (χ1v) is 6.86. The summed E-state index contributed by atoms with van der Waals surface area (Å²) in [6.45, 7) is 10.6. The van der Waals surface area contributed by atoms with Crippen molar-refractivity contribution in [2.45, 2.75) is 41.0 Å². The van der Waals surface area contributed by atoms with Crippen LogP contribution in [0.15, 0.2) is 35.0 Å². The van der Waals surface area contributed by atoms with E-state index < -0.39 is 0 Å². The van der Waals surface area contributed by atoms with E-state index in [4.69, 9.17) is 4.74 Å². The van der Waals surface area contributed by atoms with Crippen molar-refractivity contribution in [3.63, 3.8) is 0 Å². The van der Waals surface area contributed by atoms with Gasteiger partial charge < -0.3 is 4.74 Å². The second kappa shape index (κ2) is 7.13. The van der Waals surface area contributed by atoms with Crippen molar-refractivity contribution in [3.8, 4) is 5.75 Å². The average molecular weight is 259 g/mol. The van der Waals surface area contributed by atoms with Gasteiger partial charge in [0, 0.05) is 11.4 Å². The van der Waals surface area contributed by atoms with Crippen LogP contribution in [0.2, 0.25) is 0 Å². The monoisotopic (exact) mass is 259 g/mol. The average Bonchev–Trinajstić information content (AvgIpc) is 2.38. The summed E-state index contributed by atoms with van der Waals surface area (Å²) in [5, 5.41) is 0. The van der Waals surface area contributed by atoms with Gasteiger partial charge in [-0.05, 0) is 56.0 Å². The third kappa shape index (κ3) is 4.55. The van der Waals surface area contributed by atoms with Crippen molar-refractivity contribution in [3.05, 3.63) is 41.1 Å². The molecule has 2 nitrogen and oxygen atoms in total. The van der Waals surface area contributed by atoms with Gasteiger partial charge >= 0.3 is 0 Å². The molecule has 0 radical (unpaired) electrons. The molecule has 1 aromatic carbocycles. The van der Waals surface area contributed by atoms with Gasteiger partial charge in [-0.25, -0.2) is 0 Å². The Kier molecular flexibility index (Phi) is 5.81. The second-order valence-corrected chi connectivity index (χ2v) is 5.08. The first-order valence-electron chi connectivity index (χ1n) is 6.86. The molecule has 0 aliphatic rings. The van der Waals surface area contributed by atoms with Crippen molar-refractivity contribution in [2.75, 3.05) is 7.11 Å². The van der Waals surface area contributed by atoms with Crippen molar-refractivity contribution in [1.82, 2.24) is 0 Å². The molecule has 1 unspecified atom stereocenters. The van der Waals surface area contributed by atoms with E-state index in [9.17, 15) is 0 Å². The van der Waals surface area contributed by atoms with Crippen molar-refractivity contribution >= 4 is 5.71 Å². The van der Waals surface area contributed by atoms with Crippen molar-refractivity contribution in [1.29, 1.82) is 0 Å². The molecule has 1 rings (SSSR count). The molecule has 0 aliphatic carbocycles. The lowest BCUT2D eigenvalue weighted by Gasteiger charge is -2.08. The number of allylic oxidation sites excluding steroid dienone is 2. The summed E-state index contributed by atoms with van der Waals surface area (Å²) >= 11 is 0. The summed E-state index contributed by atoms with van der Waals surface area (Å²) < 4.78 is 5.28. The standard InChI is InChI=1S/C17H25NO/c1-7-12(2)10-14(4)18-15(5)16-8-9-17(19-6)13(3)11-16/h8-12H,7H2,1-6H3/b14-10-,18-15?. The summed E-state index contributed by atoms with van der Waals surface area (Å²) in [5.74, 6) is 1.50. The largest absolute Gasteiger partial charge is 0.496 e. The van der Waals surface area contributed by atoms with Gasteiger partial charge in [0.15, 0.2) is 0 Å². The zero-order chi connectivity index (χ0) is 14.4. The zero-order valence-electron chi connectivity index (χ0n) is 12.9. The molecule has 0 N–H and O–H groups in total.